The van der Waals surface area contributed by atoms with Crippen LogP contribution in [0.4, 0.5) is 0 Å². The van der Waals surface area contributed by atoms with Gasteiger partial charge in [0.15, 0.2) is 0 Å². The number of nitrogens with one attached hydrogen (secondary N) is 1. The zero-order valence-corrected chi connectivity index (χ0v) is 7.02. The van der Waals surface area contributed by atoms with Crippen LogP contribution in [0.1, 0.15) is 11.1 Å². The van der Waals surface area contributed by atoms with E-state index in [9.17, 15) is 0 Å². The molecule has 0 aliphatic carbocycles. The molecule has 0 aromatic heterocycles. The summed E-state index contributed by atoms with van der Waals surface area (Å²) in [6, 6.07) is 8.32. The van der Waals surface area contributed by atoms with Crippen LogP contribution < -0.4 is 4.98 Å². The molecule has 0 atom stereocenters. The van der Waals surface area contributed by atoms with Gasteiger partial charge in [-0.2, -0.15) is 0 Å². The second-order valence-electron chi connectivity index (χ2n) is 2.28. The molecular formula is C8H10NSi. The van der Waals surface area contributed by atoms with Crippen molar-refractivity contribution in [2.24, 2.45) is 0 Å². The highest BCUT2D eigenvalue weighted by atomic mass is 28.2. The van der Waals surface area contributed by atoms with Crippen molar-refractivity contribution in [1.82, 2.24) is 4.98 Å². The third-order valence-corrected chi connectivity index (χ3v) is 1.72. The van der Waals surface area contributed by atoms with Crippen LogP contribution in [0.15, 0.2) is 24.3 Å². The summed E-state index contributed by atoms with van der Waals surface area (Å²) in [5.74, 6) is 0. The Hall–Kier alpha value is -0.603. The van der Waals surface area contributed by atoms with Gasteiger partial charge in [0.2, 0.25) is 0 Å². The number of rotatable bonds is 2. The van der Waals surface area contributed by atoms with Crippen LogP contribution >= 0.6 is 0 Å². The Morgan fingerprint density at radius 3 is 2.70 bits per heavy atom. The van der Waals surface area contributed by atoms with Crippen molar-refractivity contribution in [1.29, 1.82) is 0 Å². The molecule has 0 heterocycles. The Bertz CT molecular complexity index is 210. The number of hydrogen-bond acceptors (Lipinski definition) is 1. The van der Waals surface area contributed by atoms with Crippen LogP contribution in [0, 0.1) is 6.92 Å². The topological polar surface area (TPSA) is 12.0 Å². The maximum atomic E-state index is 3.21. The monoisotopic (exact) mass is 148 g/mol. The van der Waals surface area contributed by atoms with Gasteiger partial charge in [-0.1, -0.05) is 24.3 Å². The Labute approximate surface area is 65.0 Å². The summed E-state index contributed by atoms with van der Waals surface area (Å²) < 4.78 is 0. The summed E-state index contributed by atoms with van der Waals surface area (Å²) in [5, 5.41) is 0. The highest BCUT2D eigenvalue weighted by Crippen LogP contribution is 2.05. The van der Waals surface area contributed by atoms with E-state index in [4.69, 9.17) is 0 Å². The standard InChI is InChI=1S/C8H10NSi/c1-7-4-2-3-5-8(7)6-9-10/h2-5,9H,6H2,1H3. The van der Waals surface area contributed by atoms with Crippen molar-refractivity contribution in [3.8, 4) is 0 Å². The van der Waals surface area contributed by atoms with Crippen molar-refractivity contribution in [3.05, 3.63) is 35.4 Å². The average molecular weight is 148 g/mol. The van der Waals surface area contributed by atoms with Crippen LogP contribution in [-0.2, 0) is 6.54 Å². The molecular weight excluding hydrogens is 138 g/mol. The first-order valence-electron chi connectivity index (χ1n) is 3.28. The minimum Gasteiger partial charge on any atom is -0.337 e. The van der Waals surface area contributed by atoms with Gasteiger partial charge in [-0.25, -0.2) is 0 Å². The van der Waals surface area contributed by atoms with Crippen LogP contribution in [0.5, 0.6) is 0 Å². The number of benzene rings is 1. The number of hydrogen-bond donors (Lipinski definition) is 1. The van der Waals surface area contributed by atoms with E-state index in [1.807, 2.05) is 12.1 Å². The number of aryl methyl sites for hydroxylation is 1. The van der Waals surface area contributed by atoms with E-state index >= 15 is 0 Å². The van der Waals surface area contributed by atoms with E-state index in [0.717, 1.165) is 6.54 Å². The van der Waals surface area contributed by atoms with Crippen LogP contribution in [0.2, 0.25) is 0 Å². The van der Waals surface area contributed by atoms with Gasteiger partial charge in [0.05, 0.1) is 0 Å². The predicted octanol–water partition coefficient (Wildman–Crippen LogP) is 1.17. The third kappa shape index (κ3) is 1.69. The van der Waals surface area contributed by atoms with E-state index < -0.39 is 0 Å². The van der Waals surface area contributed by atoms with Gasteiger partial charge >= 0.3 is 0 Å². The van der Waals surface area contributed by atoms with Crippen LogP contribution in [0.3, 0.4) is 0 Å². The molecule has 0 fully saturated rings. The van der Waals surface area contributed by atoms with E-state index in [-0.39, 0.29) is 0 Å². The summed E-state index contributed by atoms with van der Waals surface area (Å²) in [7, 11) is 3.21. The molecule has 0 bridgehead atoms. The molecule has 1 N–H and O–H groups in total. The lowest BCUT2D eigenvalue weighted by atomic mass is 10.1. The maximum absolute atomic E-state index is 3.21. The molecule has 0 spiro atoms. The molecule has 51 valence electrons. The fourth-order valence-electron chi connectivity index (χ4n) is 0.904. The first-order valence-corrected chi connectivity index (χ1v) is 3.78. The van der Waals surface area contributed by atoms with Crippen molar-refractivity contribution in [2.45, 2.75) is 13.5 Å². The molecule has 1 aromatic carbocycles. The molecule has 0 aliphatic rings. The largest absolute Gasteiger partial charge is 0.337 e. The van der Waals surface area contributed by atoms with Gasteiger partial charge in [-0.05, 0) is 18.1 Å². The summed E-state index contributed by atoms with van der Waals surface area (Å²) in [6.07, 6.45) is 0. The summed E-state index contributed by atoms with van der Waals surface area (Å²) >= 11 is 0. The SMILES string of the molecule is Cc1ccccc1CN[Si]. The Kier molecular flexibility index (Phi) is 2.65. The van der Waals surface area contributed by atoms with Crippen molar-refractivity contribution >= 4 is 10.4 Å². The lowest BCUT2D eigenvalue weighted by Crippen LogP contribution is -2.08. The molecule has 0 amide bonds. The minimum absolute atomic E-state index is 0.879. The van der Waals surface area contributed by atoms with Crippen LogP contribution in [0.25, 0.3) is 0 Å². The normalized spacial score (nSPS) is 9.80. The Morgan fingerprint density at radius 1 is 1.40 bits per heavy atom. The highest BCUT2D eigenvalue weighted by Gasteiger charge is 1.91. The van der Waals surface area contributed by atoms with Gasteiger partial charge in [0.1, 0.15) is 10.4 Å². The predicted molar refractivity (Wildman–Crippen MR) is 43.8 cm³/mol. The second kappa shape index (κ2) is 3.54. The fourth-order valence-corrected chi connectivity index (χ4v) is 1.09. The Balaban J connectivity index is 2.81. The molecule has 1 aromatic rings. The fraction of sp³-hybridized carbons (Fsp3) is 0.250. The lowest BCUT2D eigenvalue weighted by molar-refractivity contribution is 0.949. The van der Waals surface area contributed by atoms with E-state index in [2.05, 4.69) is 34.4 Å². The first-order chi connectivity index (χ1) is 4.84. The molecule has 3 radical (unpaired) electrons. The summed E-state index contributed by atoms with van der Waals surface area (Å²) in [6.45, 7) is 2.99. The first kappa shape index (κ1) is 7.50. The smallest absolute Gasteiger partial charge is 0.140 e. The molecule has 0 saturated heterocycles. The average Bonchev–Trinajstić information content (AvgIpc) is 1.94. The highest BCUT2D eigenvalue weighted by molar-refractivity contribution is 6.04. The van der Waals surface area contributed by atoms with E-state index in [1.165, 1.54) is 11.1 Å². The van der Waals surface area contributed by atoms with Crippen LogP contribution in [-0.4, -0.2) is 10.4 Å². The molecule has 0 aliphatic heterocycles. The molecule has 2 heteroatoms. The zero-order valence-electron chi connectivity index (χ0n) is 6.02. The summed E-state index contributed by atoms with van der Waals surface area (Å²) in [4.78, 5) is 2.93. The van der Waals surface area contributed by atoms with Crippen molar-refractivity contribution in [3.63, 3.8) is 0 Å². The second-order valence-corrected chi connectivity index (χ2v) is 2.63. The third-order valence-electron chi connectivity index (χ3n) is 1.54. The Morgan fingerprint density at radius 2 is 2.10 bits per heavy atom. The van der Waals surface area contributed by atoms with Gasteiger partial charge in [0, 0.05) is 6.54 Å². The van der Waals surface area contributed by atoms with Gasteiger partial charge < -0.3 is 4.98 Å². The molecule has 1 nitrogen and oxygen atoms in total. The molecule has 1 rings (SSSR count). The molecule has 10 heavy (non-hydrogen) atoms. The van der Waals surface area contributed by atoms with Crippen molar-refractivity contribution in [2.75, 3.05) is 0 Å². The zero-order chi connectivity index (χ0) is 7.40. The summed E-state index contributed by atoms with van der Waals surface area (Å²) in [5.41, 5.74) is 2.66. The van der Waals surface area contributed by atoms with Gasteiger partial charge in [-0.3, -0.25) is 0 Å². The van der Waals surface area contributed by atoms with Gasteiger partial charge in [-0.15, -0.1) is 0 Å². The van der Waals surface area contributed by atoms with Gasteiger partial charge in [0.25, 0.3) is 0 Å². The maximum Gasteiger partial charge on any atom is 0.140 e. The van der Waals surface area contributed by atoms with Crippen molar-refractivity contribution < 1.29 is 0 Å². The molecule has 0 saturated carbocycles. The van der Waals surface area contributed by atoms with E-state index in [0.29, 0.717) is 0 Å². The van der Waals surface area contributed by atoms with E-state index in [1.54, 1.807) is 0 Å². The molecule has 0 unspecified atom stereocenters. The lowest BCUT2D eigenvalue weighted by Gasteiger charge is -2.02. The minimum atomic E-state index is 0.879. The quantitative estimate of drug-likeness (QED) is 0.621.